The number of aliphatic hydroxyl groups excluding tert-OH is 1. The van der Waals surface area contributed by atoms with Crippen molar-refractivity contribution in [1.29, 1.82) is 0 Å². The predicted molar refractivity (Wildman–Crippen MR) is 56.6 cm³/mol. The van der Waals surface area contributed by atoms with Crippen LogP contribution >= 0.6 is 11.6 Å². The highest BCUT2D eigenvalue weighted by Gasteiger charge is 2.13. The van der Waals surface area contributed by atoms with Gasteiger partial charge in [-0.05, 0) is 24.6 Å². The summed E-state index contributed by atoms with van der Waals surface area (Å²) < 4.78 is 5.00. The lowest BCUT2D eigenvalue weighted by Gasteiger charge is -2.15. The van der Waals surface area contributed by atoms with Gasteiger partial charge >= 0.3 is 0 Å². The van der Waals surface area contributed by atoms with Crippen LogP contribution in [0.25, 0.3) is 0 Å². The van der Waals surface area contributed by atoms with Crippen molar-refractivity contribution < 1.29 is 9.84 Å². The van der Waals surface area contributed by atoms with Crippen molar-refractivity contribution in [2.45, 2.75) is 19.1 Å². The molecule has 0 aliphatic heterocycles. The molecule has 78 valence electrons. The fourth-order valence-electron chi connectivity index (χ4n) is 1.17. The van der Waals surface area contributed by atoms with E-state index >= 15 is 0 Å². The van der Waals surface area contributed by atoms with Crippen LogP contribution in [0.5, 0.6) is 5.75 Å². The Morgan fingerprint density at radius 1 is 1.50 bits per heavy atom. The molecule has 1 aromatic carbocycles. The van der Waals surface area contributed by atoms with Gasteiger partial charge in [0.25, 0.3) is 0 Å². The van der Waals surface area contributed by atoms with Gasteiger partial charge in [-0.1, -0.05) is 17.7 Å². The summed E-state index contributed by atoms with van der Waals surface area (Å²) >= 11 is 5.90. The van der Waals surface area contributed by atoms with Crippen LogP contribution in [-0.4, -0.2) is 18.3 Å². The third-order valence-corrected chi connectivity index (χ3v) is 2.31. The summed E-state index contributed by atoms with van der Waals surface area (Å²) in [5.74, 6) is 0.590. The average molecular weight is 216 g/mol. The van der Waals surface area contributed by atoms with Crippen LogP contribution in [0.2, 0.25) is 5.02 Å². The van der Waals surface area contributed by atoms with E-state index in [1.54, 1.807) is 32.2 Å². The molecule has 3 N–H and O–H groups in total. The number of methoxy groups -OCH3 is 1. The van der Waals surface area contributed by atoms with Gasteiger partial charge in [0.15, 0.2) is 0 Å². The molecule has 2 atom stereocenters. The Labute approximate surface area is 88.4 Å². The first kappa shape index (κ1) is 11.3. The van der Waals surface area contributed by atoms with Crippen molar-refractivity contribution in [3.8, 4) is 5.75 Å². The second-order valence-electron chi connectivity index (χ2n) is 3.20. The van der Waals surface area contributed by atoms with Crippen molar-refractivity contribution in [2.24, 2.45) is 5.73 Å². The summed E-state index contributed by atoms with van der Waals surface area (Å²) in [5.41, 5.74) is 6.26. The monoisotopic (exact) mass is 215 g/mol. The SMILES string of the molecule is COc1ccc([C@@H](O)[C@@H](C)N)cc1Cl. The summed E-state index contributed by atoms with van der Waals surface area (Å²) in [5, 5.41) is 10.1. The van der Waals surface area contributed by atoms with Gasteiger partial charge in [0.1, 0.15) is 5.75 Å². The molecule has 0 fully saturated rings. The minimum absolute atomic E-state index is 0.320. The van der Waals surface area contributed by atoms with Crippen LogP contribution in [0.1, 0.15) is 18.6 Å². The molecule has 0 aromatic heterocycles. The smallest absolute Gasteiger partial charge is 0.137 e. The molecule has 4 heteroatoms. The summed E-state index contributed by atoms with van der Waals surface area (Å²) in [6, 6.07) is 4.80. The number of ether oxygens (including phenoxy) is 1. The zero-order valence-electron chi connectivity index (χ0n) is 8.20. The zero-order valence-corrected chi connectivity index (χ0v) is 8.95. The second kappa shape index (κ2) is 4.64. The molecule has 0 aliphatic carbocycles. The molecule has 0 amide bonds. The molecule has 0 aliphatic rings. The van der Waals surface area contributed by atoms with Crippen molar-refractivity contribution >= 4 is 11.6 Å². The van der Waals surface area contributed by atoms with Crippen molar-refractivity contribution in [3.63, 3.8) is 0 Å². The maximum Gasteiger partial charge on any atom is 0.137 e. The fourth-order valence-corrected chi connectivity index (χ4v) is 1.44. The largest absolute Gasteiger partial charge is 0.495 e. The fraction of sp³-hybridized carbons (Fsp3) is 0.400. The quantitative estimate of drug-likeness (QED) is 0.808. The molecular formula is C10H14ClNO2. The Bertz CT molecular complexity index is 315. The van der Waals surface area contributed by atoms with Crippen LogP contribution in [0.3, 0.4) is 0 Å². The van der Waals surface area contributed by atoms with E-state index in [2.05, 4.69) is 0 Å². The molecule has 0 spiro atoms. The molecule has 1 aromatic rings. The first-order valence-electron chi connectivity index (χ1n) is 4.33. The van der Waals surface area contributed by atoms with Crippen LogP contribution in [-0.2, 0) is 0 Å². The number of rotatable bonds is 3. The number of benzene rings is 1. The van der Waals surface area contributed by atoms with E-state index in [9.17, 15) is 5.11 Å². The second-order valence-corrected chi connectivity index (χ2v) is 3.61. The van der Waals surface area contributed by atoms with E-state index in [-0.39, 0.29) is 6.04 Å². The molecule has 3 nitrogen and oxygen atoms in total. The highest BCUT2D eigenvalue weighted by Crippen LogP contribution is 2.28. The Morgan fingerprint density at radius 2 is 2.14 bits per heavy atom. The van der Waals surface area contributed by atoms with Gasteiger partial charge in [-0.2, -0.15) is 0 Å². The lowest BCUT2D eigenvalue weighted by atomic mass is 10.0. The third-order valence-electron chi connectivity index (χ3n) is 2.02. The molecule has 0 bridgehead atoms. The van der Waals surface area contributed by atoms with Crippen molar-refractivity contribution in [3.05, 3.63) is 28.8 Å². The minimum Gasteiger partial charge on any atom is -0.495 e. The summed E-state index contributed by atoms with van der Waals surface area (Å²) in [6.45, 7) is 1.74. The molecule has 0 heterocycles. The Kier molecular flexibility index (Phi) is 3.75. The van der Waals surface area contributed by atoms with Crippen LogP contribution < -0.4 is 10.5 Å². The van der Waals surface area contributed by atoms with Crippen LogP contribution in [0.15, 0.2) is 18.2 Å². The Balaban J connectivity index is 2.96. The summed E-state index contributed by atoms with van der Waals surface area (Å²) in [7, 11) is 1.54. The number of hydrogen-bond donors (Lipinski definition) is 2. The third kappa shape index (κ3) is 2.38. The predicted octanol–water partition coefficient (Wildman–Crippen LogP) is 1.73. The Hall–Kier alpha value is -0.770. The van der Waals surface area contributed by atoms with Crippen LogP contribution in [0.4, 0.5) is 0 Å². The van der Waals surface area contributed by atoms with Crippen molar-refractivity contribution in [2.75, 3.05) is 7.11 Å². The maximum atomic E-state index is 9.66. The van der Waals surface area contributed by atoms with Gasteiger partial charge < -0.3 is 15.6 Å². The lowest BCUT2D eigenvalue weighted by Crippen LogP contribution is -2.24. The first-order valence-corrected chi connectivity index (χ1v) is 4.71. The van der Waals surface area contributed by atoms with Gasteiger partial charge in [0.2, 0.25) is 0 Å². The first-order chi connectivity index (χ1) is 6.56. The minimum atomic E-state index is -0.696. The molecule has 0 radical (unpaired) electrons. The molecular weight excluding hydrogens is 202 g/mol. The average Bonchev–Trinajstić information content (AvgIpc) is 2.16. The molecule has 1 rings (SSSR count). The van der Waals surface area contributed by atoms with E-state index in [1.807, 2.05) is 0 Å². The van der Waals surface area contributed by atoms with E-state index in [1.165, 1.54) is 0 Å². The highest BCUT2D eigenvalue weighted by molar-refractivity contribution is 6.32. The molecule has 14 heavy (non-hydrogen) atoms. The number of halogens is 1. The van der Waals surface area contributed by atoms with Gasteiger partial charge in [0, 0.05) is 6.04 Å². The number of aliphatic hydroxyl groups is 1. The molecule has 0 saturated carbocycles. The topological polar surface area (TPSA) is 55.5 Å². The van der Waals surface area contributed by atoms with E-state index in [0.29, 0.717) is 16.3 Å². The number of nitrogens with two attached hydrogens (primary N) is 1. The van der Waals surface area contributed by atoms with E-state index in [4.69, 9.17) is 22.1 Å². The summed E-state index contributed by atoms with van der Waals surface area (Å²) in [6.07, 6.45) is -0.696. The lowest BCUT2D eigenvalue weighted by molar-refractivity contribution is 0.153. The van der Waals surface area contributed by atoms with Crippen LogP contribution in [0, 0.1) is 0 Å². The maximum absolute atomic E-state index is 9.66. The van der Waals surface area contributed by atoms with Gasteiger partial charge in [-0.3, -0.25) is 0 Å². The summed E-state index contributed by atoms with van der Waals surface area (Å²) in [4.78, 5) is 0. The normalized spacial score (nSPS) is 14.9. The van der Waals surface area contributed by atoms with E-state index < -0.39 is 6.10 Å². The van der Waals surface area contributed by atoms with Crippen molar-refractivity contribution in [1.82, 2.24) is 0 Å². The Morgan fingerprint density at radius 3 is 2.57 bits per heavy atom. The van der Waals surface area contributed by atoms with Gasteiger partial charge in [-0.15, -0.1) is 0 Å². The molecule has 0 unspecified atom stereocenters. The van der Waals surface area contributed by atoms with Gasteiger partial charge in [0.05, 0.1) is 18.2 Å². The zero-order chi connectivity index (χ0) is 10.7. The van der Waals surface area contributed by atoms with E-state index in [0.717, 1.165) is 0 Å². The molecule has 0 saturated heterocycles. The van der Waals surface area contributed by atoms with Gasteiger partial charge in [-0.25, -0.2) is 0 Å². The number of hydrogen-bond acceptors (Lipinski definition) is 3. The standard InChI is InChI=1S/C10H14ClNO2/c1-6(12)10(13)7-3-4-9(14-2)8(11)5-7/h3-6,10,13H,12H2,1-2H3/t6-,10+/m1/s1. The highest BCUT2D eigenvalue weighted by atomic mass is 35.5.